The number of nitrogens with zero attached hydrogens (tertiary/aromatic N) is 4. The maximum Gasteiger partial charge on any atom is 0.236 e. The average molecular weight is 379 g/mol. The van der Waals surface area contributed by atoms with E-state index in [1.165, 1.54) is 12.8 Å². The van der Waals surface area contributed by atoms with Crippen LogP contribution in [0.5, 0.6) is 0 Å². The van der Waals surface area contributed by atoms with Crippen molar-refractivity contribution in [3.63, 3.8) is 0 Å². The Morgan fingerprint density at radius 1 is 0.704 bits per heavy atom. The maximum absolute atomic E-state index is 12.8. The largest absolute Gasteiger partial charge is 0.343 e. The summed E-state index contributed by atoms with van der Waals surface area (Å²) < 4.78 is 0. The van der Waals surface area contributed by atoms with Gasteiger partial charge in [-0.05, 0) is 25.7 Å². The molecule has 27 heavy (non-hydrogen) atoms. The Balaban J connectivity index is 1.40. The minimum absolute atomic E-state index is 0.0471. The van der Waals surface area contributed by atoms with Crippen LogP contribution in [0.4, 0.5) is 0 Å². The minimum atomic E-state index is 0.0471. The first-order chi connectivity index (χ1) is 13.0. The van der Waals surface area contributed by atoms with E-state index in [0.717, 1.165) is 51.9 Å². The normalized spacial score (nSPS) is 23.2. The van der Waals surface area contributed by atoms with E-state index in [4.69, 9.17) is 0 Å². The number of carbonyl (C=O) groups excluding carboxylic acids is 3. The van der Waals surface area contributed by atoms with Gasteiger partial charge in [-0.2, -0.15) is 0 Å². The molecular weight excluding hydrogens is 344 g/mol. The van der Waals surface area contributed by atoms with Crippen molar-refractivity contribution >= 4 is 17.7 Å². The predicted octanol–water partition coefficient (Wildman–Crippen LogP) is 0.792. The average Bonchev–Trinajstić information content (AvgIpc) is 2.98. The molecule has 0 aliphatic carbocycles. The lowest BCUT2D eigenvalue weighted by molar-refractivity contribution is -0.142. The van der Waals surface area contributed by atoms with Crippen LogP contribution in [0.1, 0.15) is 45.4 Å². The third-order valence-electron chi connectivity index (χ3n) is 6.29. The molecular formula is C20H34N4O3. The van der Waals surface area contributed by atoms with Crippen LogP contribution in [0.25, 0.3) is 0 Å². The smallest absolute Gasteiger partial charge is 0.236 e. The SMILES string of the molecule is CC(=O)N1CCC(C(=O)N2CCN(CC(=O)N3CCCCCC3)CC2)CC1. The van der Waals surface area contributed by atoms with Crippen LogP contribution in [0.15, 0.2) is 0 Å². The zero-order valence-electron chi connectivity index (χ0n) is 16.7. The molecule has 0 atom stereocenters. The molecule has 0 N–H and O–H groups in total. The van der Waals surface area contributed by atoms with Crippen LogP contribution in [-0.2, 0) is 14.4 Å². The van der Waals surface area contributed by atoms with Crippen molar-refractivity contribution in [2.24, 2.45) is 5.92 Å². The molecule has 0 spiro atoms. The van der Waals surface area contributed by atoms with Crippen LogP contribution in [0.3, 0.4) is 0 Å². The number of amides is 3. The van der Waals surface area contributed by atoms with Gasteiger partial charge in [0.05, 0.1) is 6.54 Å². The summed E-state index contributed by atoms with van der Waals surface area (Å²) in [4.78, 5) is 44.7. The molecule has 3 amide bonds. The molecule has 3 saturated heterocycles. The fraction of sp³-hybridized carbons (Fsp3) is 0.850. The molecule has 7 nitrogen and oxygen atoms in total. The topological polar surface area (TPSA) is 64.2 Å². The van der Waals surface area contributed by atoms with Gasteiger partial charge in [-0.1, -0.05) is 12.8 Å². The molecule has 0 aromatic rings. The second-order valence-corrected chi connectivity index (χ2v) is 8.18. The third-order valence-corrected chi connectivity index (χ3v) is 6.29. The third kappa shape index (κ3) is 5.43. The first kappa shape index (κ1) is 20.1. The molecule has 3 fully saturated rings. The monoisotopic (exact) mass is 378 g/mol. The van der Waals surface area contributed by atoms with Crippen LogP contribution in [0, 0.1) is 5.92 Å². The minimum Gasteiger partial charge on any atom is -0.343 e. The summed E-state index contributed by atoms with van der Waals surface area (Å²) in [7, 11) is 0. The van der Waals surface area contributed by atoms with E-state index in [1.54, 1.807) is 6.92 Å². The zero-order valence-corrected chi connectivity index (χ0v) is 16.7. The number of hydrogen-bond acceptors (Lipinski definition) is 4. The van der Waals surface area contributed by atoms with Crippen LogP contribution in [0.2, 0.25) is 0 Å². The summed E-state index contributed by atoms with van der Waals surface area (Å²) in [5, 5.41) is 0. The molecule has 152 valence electrons. The second-order valence-electron chi connectivity index (χ2n) is 8.18. The van der Waals surface area contributed by atoms with Crippen LogP contribution in [-0.4, -0.2) is 96.2 Å². The van der Waals surface area contributed by atoms with Gasteiger partial charge in [-0.3, -0.25) is 19.3 Å². The standard InChI is InChI=1S/C20H34N4O3/c1-17(25)22-10-6-18(7-11-22)20(27)24-14-12-21(13-15-24)16-19(26)23-8-4-2-3-5-9-23/h18H,2-16H2,1H3. The zero-order chi connectivity index (χ0) is 19.2. The Bertz CT molecular complexity index is 529. The highest BCUT2D eigenvalue weighted by molar-refractivity contribution is 5.80. The number of hydrogen-bond donors (Lipinski definition) is 0. The molecule has 0 saturated carbocycles. The molecule has 3 heterocycles. The Kier molecular flexibility index (Phi) is 7.10. The van der Waals surface area contributed by atoms with Crippen LogP contribution < -0.4 is 0 Å². The van der Waals surface area contributed by atoms with E-state index >= 15 is 0 Å². The Hall–Kier alpha value is -1.63. The van der Waals surface area contributed by atoms with Gasteiger partial charge in [0.25, 0.3) is 0 Å². The lowest BCUT2D eigenvalue weighted by Gasteiger charge is -2.38. The van der Waals surface area contributed by atoms with E-state index in [-0.39, 0.29) is 23.6 Å². The number of piperazine rings is 1. The second kappa shape index (κ2) is 9.53. The van der Waals surface area contributed by atoms with E-state index in [1.807, 2.05) is 14.7 Å². The van der Waals surface area contributed by atoms with Gasteiger partial charge < -0.3 is 14.7 Å². The molecule has 0 aromatic carbocycles. The summed E-state index contributed by atoms with van der Waals surface area (Å²) in [5.74, 6) is 0.624. The van der Waals surface area contributed by atoms with Crippen molar-refractivity contribution in [1.29, 1.82) is 0 Å². The summed E-state index contributed by atoms with van der Waals surface area (Å²) >= 11 is 0. The molecule has 0 aromatic heterocycles. The van der Waals surface area contributed by atoms with E-state index in [0.29, 0.717) is 32.7 Å². The summed E-state index contributed by atoms with van der Waals surface area (Å²) in [6.45, 7) is 8.22. The van der Waals surface area contributed by atoms with Crippen molar-refractivity contribution in [2.45, 2.75) is 45.4 Å². The lowest BCUT2D eigenvalue weighted by atomic mass is 9.95. The number of carbonyl (C=O) groups is 3. The van der Waals surface area contributed by atoms with Gasteiger partial charge in [0.1, 0.15) is 0 Å². The van der Waals surface area contributed by atoms with E-state index in [9.17, 15) is 14.4 Å². The van der Waals surface area contributed by atoms with E-state index in [2.05, 4.69) is 4.90 Å². The molecule has 0 bridgehead atoms. The molecule has 7 heteroatoms. The van der Waals surface area contributed by atoms with Gasteiger partial charge in [0.2, 0.25) is 17.7 Å². The summed E-state index contributed by atoms with van der Waals surface area (Å²) in [6, 6.07) is 0. The van der Waals surface area contributed by atoms with Gasteiger partial charge in [-0.15, -0.1) is 0 Å². The summed E-state index contributed by atoms with van der Waals surface area (Å²) in [5.41, 5.74) is 0. The van der Waals surface area contributed by atoms with E-state index < -0.39 is 0 Å². The molecule has 0 unspecified atom stereocenters. The maximum atomic E-state index is 12.8. The highest BCUT2D eigenvalue weighted by Gasteiger charge is 2.31. The predicted molar refractivity (Wildman–Crippen MR) is 103 cm³/mol. The number of piperidine rings is 1. The molecule has 3 aliphatic rings. The molecule has 3 aliphatic heterocycles. The van der Waals surface area contributed by atoms with Crippen molar-refractivity contribution in [1.82, 2.24) is 19.6 Å². The van der Waals surface area contributed by atoms with Crippen molar-refractivity contribution in [3.8, 4) is 0 Å². The van der Waals surface area contributed by atoms with Gasteiger partial charge >= 0.3 is 0 Å². The fourth-order valence-electron chi connectivity index (χ4n) is 4.44. The van der Waals surface area contributed by atoms with Gasteiger partial charge in [-0.25, -0.2) is 0 Å². The van der Waals surface area contributed by atoms with Crippen molar-refractivity contribution < 1.29 is 14.4 Å². The number of likely N-dealkylation sites (tertiary alicyclic amines) is 2. The van der Waals surface area contributed by atoms with Crippen molar-refractivity contribution in [2.75, 3.05) is 58.9 Å². The van der Waals surface area contributed by atoms with Crippen LogP contribution >= 0.6 is 0 Å². The van der Waals surface area contributed by atoms with Gasteiger partial charge in [0, 0.05) is 65.2 Å². The van der Waals surface area contributed by atoms with Gasteiger partial charge in [0.15, 0.2) is 0 Å². The highest BCUT2D eigenvalue weighted by Crippen LogP contribution is 2.20. The molecule has 0 radical (unpaired) electrons. The fourth-order valence-corrected chi connectivity index (χ4v) is 4.44. The highest BCUT2D eigenvalue weighted by atomic mass is 16.2. The first-order valence-electron chi connectivity index (χ1n) is 10.6. The quantitative estimate of drug-likeness (QED) is 0.728. The Morgan fingerprint density at radius 3 is 1.85 bits per heavy atom. The Morgan fingerprint density at radius 2 is 1.30 bits per heavy atom. The first-order valence-corrected chi connectivity index (χ1v) is 10.6. The summed E-state index contributed by atoms with van der Waals surface area (Å²) in [6.07, 6.45) is 6.25. The van der Waals surface area contributed by atoms with Crippen molar-refractivity contribution in [3.05, 3.63) is 0 Å². The molecule has 3 rings (SSSR count). The number of rotatable bonds is 3. The lowest BCUT2D eigenvalue weighted by Crippen LogP contribution is -2.53. The Labute approximate surface area is 162 Å².